The lowest BCUT2D eigenvalue weighted by molar-refractivity contribution is -0.271. The van der Waals surface area contributed by atoms with Crippen molar-refractivity contribution in [3.63, 3.8) is 0 Å². The molecule has 4 aliphatic carbocycles. The molecule has 5 fully saturated rings. The molecule has 518 valence electrons. The number of aromatic carboxylic acids is 1. The molecule has 0 spiro atoms. The average molecular weight is 1380 g/mol. The molecular formula is C67H78N8O20S2. The Balaban J connectivity index is 0.749. The van der Waals surface area contributed by atoms with E-state index in [4.69, 9.17) is 53.5 Å². The number of para-hydroxylation sites is 1. The Morgan fingerprint density at radius 1 is 0.835 bits per heavy atom. The summed E-state index contributed by atoms with van der Waals surface area (Å²) in [7, 11) is -2.99. The van der Waals surface area contributed by atoms with Crippen LogP contribution < -0.4 is 25.8 Å². The number of aliphatic carboxylic acids is 1. The number of carbonyl (C=O) groups is 5. The number of ether oxygens (including phenoxy) is 7. The highest BCUT2D eigenvalue weighted by Crippen LogP contribution is 2.72. The number of carboxylic acid groups (broad SMARTS) is 2. The number of carboxylic acids is 2. The van der Waals surface area contributed by atoms with Crippen LogP contribution in [0.5, 0.6) is 11.5 Å². The highest BCUT2D eigenvalue weighted by atomic mass is 32.2. The number of methoxy groups -OCH3 is 1. The number of hydrogen-bond donors (Lipinski definition) is 9. The van der Waals surface area contributed by atoms with Crippen molar-refractivity contribution in [1.82, 2.24) is 30.0 Å². The van der Waals surface area contributed by atoms with Gasteiger partial charge in [-0.3, -0.25) is 24.1 Å². The summed E-state index contributed by atoms with van der Waals surface area (Å²) in [6.07, 6.45) is -3.26. The minimum Gasteiger partial charge on any atom is -0.491 e. The third-order valence-corrected chi connectivity index (χ3v) is 20.1. The SMILES string of the molecule is COCCN(CCOC12CC3(C)CC(C)(CC(Cn4ncc(-c5ccc(-c6ccc7cccc(C(=O)Nc8nc9ccccc9s8)c7c6)nc5C(=O)O)c4C)(C3)C1)C2)C(=O)OCc1ccc(O[C@@H]2O[C@H](C(=O)O)[C@@H](O)[C@H](O)[C@H]2O)cc1OCCOCCNC(=O)C(N)CS(=O)(=O)O. The van der Waals surface area contributed by atoms with Crippen LogP contribution in [0.2, 0.25) is 0 Å². The van der Waals surface area contributed by atoms with Gasteiger partial charge in [-0.05, 0) is 121 Å². The lowest BCUT2D eigenvalue weighted by Crippen LogP contribution is -2.64. The first-order chi connectivity index (χ1) is 46.1. The maximum atomic E-state index is 14.1. The standard InChI is InChI=1S/C67H78N8O20S2/c1-38-46(43-16-17-48(71-52(43)59(81)82)40-13-12-39-8-7-9-44(45(39)26-40)57(79)73-62-72-49-10-5-6-11-51(49)96-62)28-70-75(38)37-66-32-64(2)31-65(3,33-66)35-67(34-64,36-66)93-23-20-74(19-22-89-4)63(85)92-29-41-14-15-42(94-61-55(78)53(76)54(77)56(95-61)60(83)84)27-50(41)91-25-24-90-21-18-69-58(80)47(68)30-97(86,87)88/h5-17,26-28,47,53-56,61,76-78H,18-25,29-37,68H2,1-4H3,(H,69,80)(H,81,82)(H,83,84)(H,72,73,79)(H,86,87,88)/t47?,53-,54-,55+,56-,61+,64?,65?,66?,67?/m0/s1. The number of amides is 3. The van der Waals surface area contributed by atoms with Crippen LogP contribution >= 0.6 is 11.3 Å². The molecule has 1 aliphatic heterocycles. The van der Waals surface area contributed by atoms with Crippen LogP contribution in [0.15, 0.2) is 97.2 Å². The Hall–Kier alpha value is -8.27. The van der Waals surface area contributed by atoms with E-state index in [-0.39, 0.29) is 98.6 Å². The molecule has 4 bridgehead atoms. The Bertz CT molecular complexity index is 4170. The van der Waals surface area contributed by atoms with E-state index in [0.717, 1.165) is 59.8 Å². The molecular weight excluding hydrogens is 1300 g/mol. The predicted octanol–water partition coefficient (Wildman–Crippen LogP) is 6.05. The Morgan fingerprint density at radius 2 is 1.60 bits per heavy atom. The fraction of sp³-hybridized carbons (Fsp3) is 0.463. The fourth-order valence-corrected chi connectivity index (χ4v) is 16.8. The number of rotatable bonds is 29. The molecule has 0 radical (unpaired) electrons. The van der Waals surface area contributed by atoms with Gasteiger partial charge in [0, 0.05) is 72.9 Å². The Labute approximate surface area is 561 Å². The molecule has 3 amide bonds. The number of thiazole rings is 1. The van der Waals surface area contributed by atoms with E-state index in [9.17, 15) is 57.9 Å². The van der Waals surface area contributed by atoms with Gasteiger partial charge in [0.25, 0.3) is 16.0 Å². The minimum absolute atomic E-state index is 0.0425. The number of aliphatic hydroxyl groups is 3. The van der Waals surface area contributed by atoms with Gasteiger partial charge in [0.15, 0.2) is 16.9 Å². The lowest BCUT2D eigenvalue weighted by atomic mass is 9.39. The molecule has 4 heterocycles. The topological polar surface area (TPSA) is 402 Å². The second-order valence-corrected chi connectivity index (χ2v) is 28.9. The summed E-state index contributed by atoms with van der Waals surface area (Å²) in [5, 5.41) is 63.9. The van der Waals surface area contributed by atoms with E-state index in [2.05, 4.69) is 29.5 Å². The number of fused-ring (bicyclic) bond motifs is 2. The summed E-state index contributed by atoms with van der Waals surface area (Å²) in [6, 6.07) is 25.0. The van der Waals surface area contributed by atoms with Gasteiger partial charge in [-0.2, -0.15) is 13.5 Å². The van der Waals surface area contributed by atoms with E-state index >= 15 is 0 Å². The highest BCUT2D eigenvalue weighted by Gasteiger charge is 2.66. The zero-order valence-corrected chi connectivity index (χ0v) is 55.4. The zero-order valence-electron chi connectivity index (χ0n) is 53.8. The molecule has 5 aliphatic rings. The molecule has 1 saturated heterocycles. The van der Waals surface area contributed by atoms with Crippen molar-refractivity contribution in [3.8, 4) is 33.9 Å². The fourth-order valence-electron chi connectivity index (χ4n) is 15.3. The monoisotopic (exact) mass is 1380 g/mol. The predicted molar refractivity (Wildman–Crippen MR) is 351 cm³/mol. The summed E-state index contributed by atoms with van der Waals surface area (Å²) in [5.74, 6) is -4.91. The minimum atomic E-state index is -4.50. The number of aliphatic hydroxyl groups excluding tert-OH is 3. The lowest BCUT2D eigenvalue weighted by Gasteiger charge is -2.69. The van der Waals surface area contributed by atoms with Gasteiger partial charge in [-0.15, -0.1) is 0 Å². The first kappa shape index (κ1) is 70.1. The number of nitrogens with one attached hydrogen (secondary N) is 2. The molecule has 97 heavy (non-hydrogen) atoms. The molecule has 4 saturated carbocycles. The van der Waals surface area contributed by atoms with Gasteiger partial charge in [0.2, 0.25) is 12.2 Å². The number of nitrogens with zero attached hydrogens (tertiary/aromatic N) is 5. The van der Waals surface area contributed by atoms with Crippen molar-refractivity contribution in [3.05, 3.63) is 120 Å². The second-order valence-electron chi connectivity index (χ2n) is 26.4. The summed E-state index contributed by atoms with van der Waals surface area (Å²) in [4.78, 5) is 75.8. The van der Waals surface area contributed by atoms with E-state index in [0.29, 0.717) is 50.6 Å². The molecule has 12 rings (SSSR count). The number of carbonyl (C=O) groups excluding carboxylic acids is 3. The van der Waals surface area contributed by atoms with Crippen molar-refractivity contribution in [2.75, 3.05) is 70.8 Å². The third kappa shape index (κ3) is 16.0. The van der Waals surface area contributed by atoms with Crippen molar-refractivity contribution in [2.24, 2.45) is 22.0 Å². The molecule has 10 N–H and O–H groups in total. The summed E-state index contributed by atoms with van der Waals surface area (Å²) < 4.78 is 75.2. The van der Waals surface area contributed by atoms with Crippen molar-refractivity contribution in [1.29, 1.82) is 0 Å². The summed E-state index contributed by atoms with van der Waals surface area (Å²) >= 11 is 1.38. The molecule has 4 aromatic carbocycles. The van der Waals surface area contributed by atoms with Gasteiger partial charge in [-0.1, -0.05) is 61.6 Å². The van der Waals surface area contributed by atoms with Crippen LogP contribution in [0.1, 0.15) is 84.5 Å². The van der Waals surface area contributed by atoms with Crippen LogP contribution in [-0.4, -0.2) is 201 Å². The van der Waals surface area contributed by atoms with E-state index in [1.165, 1.54) is 41.5 Å². The largest absolute Gasteiger partial charge is 0.491 e. The van der Waals surface area contributed by atoms with Crippen LogP contribution in [0.3, 0.4) is 0 Å². The van der Waals surface area contributed by atoms with E-state index in [1.807, 2.05) is 66.2 Å². The maximum Gasteiger partial charge on any atom is 0.410 e. The Kier molecular flexibility index (Phi) is 20.7. The first-order valence-corrected chi connectivity index (χ1v) is 34.0. The average Bonchev–Trinajstić information content (AvgIpc) is 1.48. The number of aromatic nitrogens is 4. The first-order valence-electron chi connectivity index (χ1n) is 31.6. The van der Waals surface area contributed by atoms with Crippen molar-refractivity contribution < 1.29 is 95.6 Å². The van der Waals surface area contributed by atoms with Crippen LogP contribution in [0.25, 0.3) is 43.4 Å². The number of nitrogens with two attached hydrogens (primary N) is 1. The van der Waals surface area contributed by atoms with Gasteiger partial charge in [0.05, 0.1) is 59.9 Å². The molecule has 7 aromatic rings. The van der Waals surface area contributed by atoms with Crippen LogP contribution in [0, 0.1) is 23.2 Å². The third-order valence-electron chi connectivity index (χ3n) is 18.4. The molecule has 3 unspecified atom stereocenters. The van der Waals surface area contributed by atoms with Gasteiger partial charge >= 0.3 is 18.0 Å². The van der Waals surface area contributed by atoms with Crippen molar-refractivity contribution >= 4 is 77.4 Å². The van der Waals surface area contributed by atoms with Crippen LogP contribution in [-0.2, 0) is 56.5 Å². The number of anilines is 1. The van der Waals surface area contributed by atoms with Crippen molar-refractivity contribution in [2.45, 2.75) is 115 Å². The number of benzene rings is 4. The Morgan fingerprint density at radius 3 is 2.33 bits per heavy atom. The smallest absolute Gasteiger partial charge is 0.410 e. The van der Waals surface area contributed by atoms with Gasteiger partial charge in [-0.25, -0.2) is 24.4 Å². The maximum absolute atomic E-state index is 14.1. The van der Waals surface area contributed by atoms with Gasteiger partial charge in [0.1, 0.15) is 49.1 Å². The second kappa shape index (κ2) is 28.7. The number of hydrogen-bond acceptors (Lipinski definition) is 22. The number of pyridine rings is 1. The summed E-state index contributed by atoms with van der Waals surface area (Å²) in [5.41, 5.74) is 8.86. The zero-order chi connectivity index (χ0) is 69.2. The molecule has 28 nitrogen and oxygen atoms in total. The van der Waals surface area contributed by atoms with E-state index < -0.39 is 82.2 Å². The molecule has 30 heteroatoms. The van der Waals surface area contributed by atoms with Crippen LogP contribution in [0.4, 0.5) is 9.93 Å². The molecule has 3 aromatic heterocycles. The van der Waals surface area contributed by atoms with Gasteiger partial charge < -0.3 is 74.6 Å². The van der Waals surface area contributed by atoms with E-state index in [1.54, 1.807) is 24.4 Å². The normalized spacial score (nSPS) is 24.6. The quantitative estimate of drug-likeness (QED) is 0.0190. The highest BCUT2D eigenvalue weighted by molar-refractivity contribution is 7.85. The summed E-state index contributed by atoms with van der Waals surface area (Å²) in [6.45, 7) is 7.08. The molecule has 8 atom stereocenters.